The van der Waals surface area contributed by atoms with E-state index in [9.17, 15) is 0 Å². The quantitative estimate of drug-likeness (QED) is 0.107. The lowest BCUT2D eigenvalue weighted by Gasteiger charge is -2.36. The van der Waals surface area contributed by atoms with Gasteiger partial charge in [-0.2, -0.15) is 0 Å². The van der Waals surface area contributed by atoms with Crippen molar-refractivity contribution in [1.29, 1.82) is 0 Å². The topological polar surface area (TPSA) is 9.86 Å². The van der Waals surface area contributed by atoms with Gasteiger partial charge in [0.05, 0.1) is 27.8 Å². The van der Waals surface area contributed by atoms with Crippen LogP contribution in [-0.4, -0.2) is 17.2 Å². The molecule has 3 heteroatoms. The highest BCUT2D eigenvalue weighted by Crippen LogP contribution is 2.42. The van der Waals surface area contributed by atoms with Crippen LogP contribution in [0.25, 0.3) is 77.2 Å². The lowest BCUT2D eigenvalue weighted by atomic mass is 9.95. The first-order valence-electron chi connectivity index (χ1n) is 21.8. The molecule has 0 aliphatic carbocycles. The fourth-order valence-electron chi connectivity index (χ4n) is 10.4. The highest BCUT2D eigenvalue weighted by atomic mass is 28.3. The number of para-hydroxylation sites is 3. The number of aromatic nitrogens is 2. The average Bonchev–Trinajstić information content (AvgIpc) is 3.88. The van der Waals surface area contributed by atoms with E-state index in [4.69, 9.17) is 0 Å². The molecule has 0 radical (unpaired) electrons. The molecular weight excluding hydrogens is 777 g/mol. The zero-order chi connectivity index (χ0) is 41.7. The van der Waals surface area contributed by atoms with Crippen molar-refractivity contribution in [2.75, 3.05) is 0 Å². The van der Waals surface area contributed by atoms with Gasteiger partial charge in [-0.15, -0.1) is 0 Å². The van der Waals surface area contributed by atoms with E-state index in [2.05, 4.69) is 264 Å². The molecule has 2 nitrogen and oxygen atoms in total. The van der Waals surface area contributed by atoms with Gasteiger partial charge in [-0.3, -0.25) is 0 Å². The van der Waals surface area contributed by atoms with E-state index in [0.29, 0.717) is 0 Å². The highest BCUT2D eigenvalue weighted by molar-refractivity contribution is 7.20. The van der Waals surface area contributed by atoms with Crippen LogP contribution in [0.5, 0.6) is 0 Å². The Kier molecular flexibility index (Phi) is 8.87. The zero-order valence-corrected chi connectivity index (χ0v) is 35.6. The van der Waals surface area contributed by atoms with E-state index in [1.54, 1.807) is 0 Å². The standard InChI is InChI=1S/C60H42N2Si/c1-6-22-43(23-7-1)53-41-49(63(46-26-10-3-11-27-46,47-28-12-4-13-29-47)48-30-14-5-15-31-48)42-54(44-24-8-2-9-25-44)60(53)62-58-37-21-18-34-52(58)55-40-45(38-39-59(55)62)61-56-35-19-16-32-50(56)51-33-17-20-36-57(51)61/h1-42H. The average molecular weight is 819 g/mol. The van der Waals surface area contributed by atoms with Gasteiger partial charge in [-0.25, -0.2) is 0 Å². The Morgan fingerprint density at radius 1 is 0.254 bits per heavy atom. The fourth-order valence-corrected chi connectivity index (χ4v) is 15.2. The van der Waals surface area contributed by atoms with Gasteiger partial charge in [0.1, 0.15) is 0 Å². The molecule has 296 valence electrons. The Hall–Kier alpha value is -7.98. The summed E-state index contributed by atoms with van der Waals surface area (Å²) in [5.74, 6) is 0. The van der Waals surface area contributed by atoms with Crippen LogP contribution in [0, 0.1) is 0 Å². The summed E-state index contributed by atoms with van der Waals surface area (Å²) in [7, 11) is -2.94. The maximum atomic E-state index is 2.55. The molecule has 0 saturated heterocycles. The molecule has 0 aliphatic rings. The molecular formula is C60H42N2Si. The van der Waals surface area contributed by atoms with E-state index in [1.807, 2.05) is 0 Å². The van der Waals surface area contributed by atoms with E-state index < -0.39 is 8.07 Å². The minimum Gasteiger partial charge on any atom is -0.309 e. The summed E-state index contributed by atoms with van der Waals surface area (Å²) in [6.45, 7) is 0. The van der Waals surface area contributed by atoms with E-state index in [1.165, 1.54) is 92.3 Å². The number of rotatable bonds is 8. The number of hydrogen-bond acceptors (Lipinski definition) is 0. The van der Waals surface area contributed by atoms with Crippen LogP contribution in [0.3, 0.4) is 0 Å². The predicted octanol–water partition coefficient (Wildman–Crippen LogP) is 12.6. The summed E-state index contributed by atoms with van der Waals surface area (Å²) in [6.07, 6.45) is 0. The molecule has 0 aliphatic heterocycles. The molecule has 2 aromatic heterocycles. The van der Waals surface area contributed by atoms with Crippen molar-refractivity contribution in [3.8, 4) is 33.6 Å². The van der Waals surface area contributed by atoms with Crippen LogP contribution < -0.4 is 20.7 Å². The third kappa shape index (κ3) is 5.85. The van der Waals surface area contributed by atoms with Crippen molar-refractivity contribution in [1.82, 2.24) is 9.13 Å². The van der Waals surface area contributed by atoms with E-state index in [-0.39, 0.29) is 0 Å². The van der Waals surface area contributed by atoms with Gasteiger partial charge in [-0.05, 0) is 68.3 Å². The Morgan fingerprint density at radius 2 is 0.603 bits per heavy atom. The third-order valence-corrected chi connectivity index (χ3v) is 17.8. The maximum absolute atomic E-state index is 2.94. The van der Waals surface area contributed by atoms with Gasteiger partial charge in [0, 0.05) is 38.4 Å². The second kappa shape index (κ2) is 15.2. The fraction of sp³-hybridized carbons (Fsp3) is 0. The third-order valence-electron chi connectivity index (χ3n) is 13.1. The normalized spacial score (nSPS) is 11.8. The molecule has 12 rings (SSSR count). The Bertz CT molecular complexity index is 3380. The Balaban J connectivity index is 1.22. The minimum absolute atomic E-state index is 1.15. The molecule has 0 fully saturated rings. The van der Waals surface area contributed by atoms with E-state index in [0.717, 1.165) is 5.69 Å². The van der Waals surface area contributed by atoms with Gasteiger partial charge in [-0.1, -0.05) is 218 Å². The molecule has 12 aromatic rings. The summed E-state index contributed by atoms with van der Waals surface area (Å²) in [5.41, 5.74) is 11.8. The number of hydrogen-bond donors (Lipinski definition) is 0. The van der Waals surface area contributed by atoms with Gasteiger partial charge in [0.15, 0.2) is 8.07 Å². The Labute approximate surface area is 368 Å². The van der Waals surface area contributed by atoms with Crippen molar-refractivity contribution in [3.05, 3.63) is 255 Å². The zero-order valence-electron chi connectivity index (χ0n) is 34.6. The van der Waals surface area contributed by atoms with Crippen LogP contribution in [0.1, 0.15) is 0 Å². The molecule has 0 atom stereocenters. The SMILES string of the molecule is c1ccc(-c2cc([Si](c3ccccc3)(c3ccccc3)c3ccccc3)cc(-c3ccccc3)c2-n2c3ccccc3c3cc(-n4c5ccccc5c5ccccc54)ccc32)cc1. The molecule has 0 amide bonds. The van der Waals surface area contributed by atoms with Crippen LogP contribution in [0.4, 0.5) is 0 Å². The summed E-state index contributed by atoms with van der Waals surface area (Å²) >= 11 is 0. The van der Waals surface area contributed by atoms with Gasteiger partial charge in [0.25, 0.3) is 0 Å². The summed E-state index contributed by atoms with van der Waals surface area (Å²) < 4.78 is 4.97. The predicted molar refractivity (Wildman–Crippen MR) is 270 cm³/mol. The summed E-state index contributed by atoms with van der Waals surface area (Å²) in [6, 6.07) is 94.5. The van der Waals surface area contributed by atoms with Crippen LogP contribution in [-0.2, 0) is 0 Å². The maximum Gasteiger partial charge on any atom is 0.179 e. The first-order valence-corrected chi connectivity index (χ1v) is 23.8. The van der Waals surface area contributed by atoms with E-state index >= 15 is 0 Å². The molecule has 2 heterocycles. The second-order valence-electron chi connectivity index (χ2n) is 16.4. The van der Waals surface area contributed by atoms with Crippen LogP contribution in [0.15, 0.2) is 255 Å². The molecule has 0 spiro atoms. The molecule has 0 unspecified atom stereocenters. The molecule has 10 aromatic carbocycles. The summed E-state index contributed by atoms with van der Waals surface area (Å²) in [4.78, 5) is 0. The molecule has 0 N–H and O–H groups in total. The van der Waals surface area contributed by atoms with Crippen molar-refractivity contribution < 1.29 is 0 Å². The Morgan fingerprint density at radius 3 is 1.05 bits per heavy atom. The first kappa shape index (κ1) is 36.8. The van der Waals surface area contributed by atoms with Gasteiger partial charge >= 0.3 is 0 Å². The molecule has 63 heavy (non-hydrogen) atoms. The van der Waals surface area contributed by atoms with Crippen molar-refractivity contribution in [2.24, 2.45) is 0 Å². The monoisotopic (exact) mass is 818 g/mol. The largest absolute Gasteiger partial charge is 0.309 e. The number of nitrogens with zero attached hydrogens (tertiary/aromatic N) is 2. The highest BCUT2D eigenvalue weighted by Gasteiger charge is 2.42. The lowest BCUT2D eigenvalue weighted by Crippen LogP contribution is -2.74. The lowest BCUT2D eigenvalue weighted by molar-refractivity contribution is 1.17. The van der Waals surface area contributed by atoms with Crippen LogP contribution >= 0.6 is 0 Å². The van der Waals surface area contributed by atoms with Crippen molar-refractivity contribution in [2.45, 2.75) is 0 Å². The first-order chi connectivity index (χ1) is 31.3. The smallest absolute Gasteiger partial charge is 0.179 e. The minimum atomic E-state index is -2.94. The van der Waals surface area contributed by atoms with Crippen LogP contribution in [0.2, 0.25) is 0 Å². The number of benzene rings is 10. The van der Waals surface area contributed by atoms with Gasteiger partial charge < -0.3 is 9.13 Å². The second-order valence-corrected chi connectivity index (χ2v) is 20.2. The number of fused-ring (bicyclic) bond motifs is 6. The van der Waals surface area contributed by atoms with Crippen molar-refractivity contribution >= 4 is 72.4 Å². The molecule has 0 saturated carbocycles. The molecule has 0 bridgehead atoms. The summed E-state index contributed by atoms with van der Waals surface area (Å²) in [5, 5.41) is 10.3. The van der Waals surface area contributed by atoms with Gasteiger partial charge in [0.2, 0.25) is 0 Å². The van der Waals surface area contributed by atoms with Crippen molar-refractivity contribution in [3.63, 3.8) is 0 Å².